The fraction of sp³-hybridized carbons (Fsp3) is 0.875. The predicted octanol–water partition coefficient (Wildman–Crippen LogP) is 5.63. The quantitative estimate of drug-likeness (QED) is 0.218. The maximum absolute atomic E-state index is 12.3. The van der Waals surface area contributed by atoms with Crippen molar-refractivity contribution in [3.63, 3.8) is 0 Å². The van der Waals surface area contributed by atoms with Crippen molar-refractivity contribution in [3.05, 3.63) is 0 Å². The smallest absolute Gasteiger partial charge is 0.311 e. The zero-order valence-corrected chi connectivity index (χ0v) is 19.8. The van der Waals surface area contributed by atoms with Gasteiger partial charge in [-0.2, -0.15) is 0 Å². The maximum atomic E-state index is 12.3. The third kappa shape index (κ3) is 18.4. The molecule has 1 amide bonds. The van der Waals surface area contributed by atoms with Crippen LogP contribution in [0.3, 0.4) is 0 Å². The second-order valence-corrected chi connectivity index (χ2v) is 9.25. The number of carboxylic acid groups (broad SMARTS) is 1. The van der Waals surface area contributed by atoms with E-state index < -0.39 is 23.5 Å². The van der Waals surface area contributed by atoms with Crippen LogP contribution in [0.15, 0.2) is 0 Å². The zero-order valence-electron chi connectivity index (χ0n) is 19.8. The molecule has 1 atom stereocenters. The number of unbranched alkanes of at least 4 members (excludes halogenated alkanes) is 10. The predicted molar refractivity (Wildman–Crippen MR) is 120 cm³/mol. The summed E-state index contributed by atoms with van der Waals surface area (Å²) < 4.78 is 5.35. The summed E-state index contributed by atoms with van der Waals surface area (Å²) >= 11 is 0. The van der Waals surface area contributed by atoms with Crippen molar-refractivity contribution in [2.24, 2.45) is 5.92 Å². The molecule has 0 aliphatic carbocycles. The Labute approximate surface area is 183 Å². The number of carbonyl (C=O) groups is 3. The molecule has 6 heteroatoms. The standard InChI is InChI=1S/C24H45NO5/c1-5-6-7-8-9-10-11-12-13-14-15-16-21(26)25-19-20(17-18-22(27)28)23(29)30-24(2,3)4/h20H,5-19H2,1-4H3,(H,25,26)(H,27,28). The normalized spacial score (nSPS) is 12.4. The minimum absolute atomic E-state index is 0.0881. The van der Waals surface area contributed by atoms with Gasteiger partial charge >= 0.3 is 11.9 Å². The average molecular weight is 428 g/mol. The Kier molecular flexibility index (Phi) is 16.2. The molecule has 6 nitrogen and oxygen atoms in total. The van der Waals surface area contributed by atoms with Crippen LogP contribution in [0.25, 0.3) is 0 Å². The van der Waals surface area contributed by atoms with Crippen LogP contribution in [0.5, 0.6) is 0 Å². The molecule has 0 aliphatic rings. The molecule has 176 valence electrons. The van der Waals surface area contributed by atoms with Crippen LogP contribution in [0, 0.1) is 5.92 Å². The number of nitrogens with one attached hydrogen (secondary N) is 1. The SMILES string of the molecule is CCCCCCCCCCCCCC(=O)NCC(CCC(=O)O)C(=O)OC(C)(C)C. The van der Waals surface area contributed by atoms with Gasteiger partial charge in [0, 0.05) is 19.4 Å². The van der Waals surface area contributed by atoms with Crippen LogP contribution in [0.2, 0.25) is 0 Å². The first-order chi connectivity index (χ1) is 14.2. The Balaban J connectivity index is 3.94. The molecule has 0 aliphatic heterocycles. The highest BCUT2D eigenvalue weighted by Crippen LogP contribution is 2.15. The van der Waals surface area contributed by atoms with Gasteiger partial charge in [-0.05, 0) is 33.6 Å². The van der Waals surface area contributed by atoms with E-state index in [4.69, 9.17) is 9.84 Å². The molecule has 0 aromatic carbocycles. The highest BCUT2D eigenvalue weighted by atomic mass is 16.6. The van der Waals surface area contributed by atoms with Gasteiger partial charge in [0.1, 0.15) is 5.60 Å². The average Bonchev–Trinajstić information content (AvgIpc) is 2.64. The number of esters is 1. The summed E-state index contributed by atoms with van der Waals surface area (Å²) in [5, 5.41) is 11.7. The molecule has 1 unspecified atom stereocenters. The van der Waals surface area contributed by atoms with Crippen molar-refractivity contribution in [1.29, 1.82) is 0 Å². The van der Waals surface area contributed by atoms with Gasteiger partial charge in [-0.15, -0.1) is 0 Å². The molecule has 2 N–H and O–H groups in total. The third-order valence-electron chi connectivity index (χ3n) is 5.00. The van der Waals surface area contributed by atoms with E-state index in [1.165, 1.54) is 51.4 Å². The first-order valence-electron chi connectivity index (χ1n) is 11.9. The molecule has 0 aromatic rings. The summed E-state index contributed by atoms with van der Waals surface area (Å²) in [6, 6.07) is 0. The number of amides is 1. The van der Waals surface area contributed by atoms with E-state index in [0.29, 0.717) is 6.42 Å². The van der Waals surface area contributed by atoms with E-state index in [0.717, 1.165) is 19.3 Å². The van der Waals surface area contributed by atoms with E-state index in [-0.39, 0.29) is 25.3 Å². The monoisotopic (exact) mass is 427 g/mol. The molecule has 0 spiro atoms. The third-order valence-corrected chi connectivity index (χ3v) is 5.00. The minimum atomic E-state index is -0.962. The Morgan fingerprint density at radius 3 is 1.80 bits per heavy atom. The lowest BCUT2D eigenvalue weighted by molar-refractivity contribution is -0.160. The van der Waals surface area contributed by atoms with Gasteiger partial charge in [-0.25, -0.2) is 0 Å². The summed E-state index contributed by atoms with van der Waals surface area (Å²) in [5.74, 6) is -2.15. The molecule has 0 heterocycles. The van der Waals surface area contributed by atoms with E-state index in [1.54, 1.807) is 20.8 Å². The highest BCUT2D eigenvalue weighted by molar-refractivity contribution is 5.78. The number of ether oxygens (including phenoxy) is 1. The van der Waals surface area contributed by atoms with E-state index in [2.05, 4.69) is 12.2 Å². The Bertz CT molecular complexity index is 484. The van der Waals surface area contributed by atoms with Gasteiger partial charge in [0.05, 0.1) is 5.92 Å². The number of carbonyl (C=O) groups excluding carboxylic acids is 2. The molecule has 0 fully saturated rings. The van der Waals surface area contributed by atoms with Crippen LogP contribution in [0.4, 0.5) is 0 Å². The lowest BCUT2D eigenvalue weighted by Crippen LogP contribution is -2.37. The number of hydrogen-bond acceptors (Lipinski definition) is 4. The molecule has 0 saturated carbocycles. The Morgan fingerprint density at radius 2 is 1.33 bits per heavy atom. The maximum Gasteiger partial charge on any atom is 0.311 e. The summed E-state index contributed by atoms with van der Waals surface area (Å²) in [4.78, 5) is 35.2. The molecular weight excluding hydrogens is 382 g/mol. The van der Waals surface area contributed by atoms with Gasteiger partial charge in [-0.3, -0.25) is 14.4 Å². The summed E-state index contributed by atoms with van der Waals surface area (Å²) in [7, 11) is 0. The van der Waals surface area contributed by atoms with Gasteiger partial charge in [0.2, 0.25) is 5.91 Å². The minimum Gasteiger partial charge on any atom is -0.481 e. The summed E-state index contributed by atoms with van der Waals surface area (Å²) in [6.07, 6.45) is 14.0. The zero-order chi connectivity index (χ0) is 22.8. The molecule has 0 radical (unpaired) electrons. The van der Waals surface area contributed by atoms with E-state index >= 15 is 0 Å². The van der Waals surface area contributed by atoms with Crippen LogP contribution in [-0.4, -0.2) is 35.1 Å². The van der Waals surface area contributed by atoms with Gasteiger partial charge in [0.15, 0.2) is 0 Å². The van der Waals surface area contributed by atoms with Gasteiger partial charge in [0.25, 0.3) is 0 Å². The lowest BCUT2D eigenvalue weighted by Gasteiger charge is -2.24. The molecule has 0 rings (SSSR count). The van der Waals surface area contributed by atoms with Crippen molar-refractivity contribution in [1.82, 2.24) is 5.32 Å². The van der Waals surface area contributed by atoms with Crippen LogP contribution >= 0.6 is 0 Å². The molecule has 0 saturated heterocycles. The van der Waals surface area contributed by atoms with Gasteiger partial charge in [-0.1, -0.05) is 71.1 Å². The number of hydrogen-bond donors (Lipinski definition) is 2. The fourth-order valence-electron chi connectivity index (χ4n) is 3.26. The topological polar surface area (TPSA) is 92.7 Å². The Morgan fingerprint density at radius 1 is 0.833 bits per heavy atom. The summed E-state index contributed by atoms with van der Waals surface area (Å²) in [6.45, 7) is 7.66. The van der Waals surface area contributed by atoms with Crippen molar-refractivity contribution in [2.45, 2.75) is 123 Å². The molecule has 0 aromatic heterocycles. The molecular formula is C24H45NO5. The van der Waals surface area contributed by atoms with Crippen molar-refractivity contribution >= 4 is 17.8 Å². The fourth-order valence-corrected chi connectivity index (χ4v) is 3.26. The van der Waals surface area contributed by atoms with Crippen molar-refractivity contribution in [3.8, 4) is 0 Å². The second-order valence-electron chi connectivity index (χ2n) is 9.25. The number of aliphatic carboxylic acids is 1. The van der Waals surface area contributed by atoms with Crippen molar-refractivity contribution < 1.29 is 24.2 Å². The number of rotatable bonds is 18. The molecule has 0 bridgehead atoms. The van der Waals surface area contributed by atoms with Crippen LogP contribution in [0.1, 0.15) is 118 Å². The van der Waals surface area contributed by atoms with E-state index in [9.17, 15) is 14.4 Å². The van der Waals surface area contributed by atoms with Crippen LogP contribution < -0.4 is 5.32 Å². The van der Waals surface area contributed by atoms with Gasteiger partial charge < -0.3 is 15.2 Å². The molecule has 30 heavy (non-hydrogen) atoms. The number of carboxylic acids is 1. The van der Waals surface area contributed by atoms with E-state index in [1.807, 2.05) is 0 Å². The van der Waals surface area contributed by atoms with Crippen LogP contribution in [-0.2, 0) is 19.1 Å². The second kappa shape index (κ2) is 17.1. The van der Waals surface area contributed by atoms with Crippen molar-refractivity contribution in [2.75, 3.05) is 6.54 Å². The lowest BCUT2D eigenvalue weighted by atomic mass is 10.0. The largest absolute Gasteiger partial charge is 0.481 e. The first kappa shape index (κ1) is 28.4. The summed E-state index contributed by atoms with van der Waals surface area (Å²) in [5.41, 5.74) is -0.641. The highest BCUT2D eigenvalue weighted by Gasteiger charge is 2.26. The first-order valence-corrected chi connectivity index (χ1v) is 11.9. The Hall–Kier alpha value is -1.59.